The first-order valence-corrected chi connectivity index (χ1v) is 10.9. The number of fused-ring (bicyclic) bond motifs is 2. The van der Waals surface area contributed by atoms with Crippen molar-refractivity contribution in [1.82, 2.24) is 34.8 Å². The molecule has 1 amide bonds. The first kappa shape index (κ1) is 22.2. The highest BCUT2D eigenvalue weighted by Gasteiger charge is 2.54. The molecule has 34 heavy (non-hydrogen) atoms. The van der Waals surface area contributed by atoms with E-state index in [4.69, 9.17) is 5.73 Å². The normalized spacial score (nSPS) is 24.1. The van der Waals surface area contributed by atoms with Gasteiger partial charge in [0.2, 0.25) is 5.95 Å². The number of hydrogen-bond acceptors (Lipinski definition) is 7. The Hall–Kier alpha value is -3.57. The lowest BCUT2D eigenvalue weighted by Crippen LogP contribution is -2.59. The molecule has 0 spiro atoms. The number of rotatable bonds is 3. The van der Waals surface area contributed by atoms with Gasteiger partial charge in [-0.05, 0) is 50.7 Å². The van der Waals surface area contributed by atoms with Crippen LogP contribution in [-0.4, -0.2) is 46.8 Å². The predicted molar refractivity (Wildman–Crippen MR) is 115 cm³/mol. The minimum absolute atomic E-state index is 0.0751. The molecule has 0 aromatic carbocycles. The molecule has 2 bridgehead atoms. The average Bonchev–Trinajstić information content (AvgIpc) is 3.24. The van der Waals surface area contributed by atoms with Crippen LogP contribution in [0.25, 0.3) is 5.69 Å². The van der Waals surface area contributed by atoms with E-state index in [1.807, 2.05) is 6.92 Å². The zero-order valence-corrected chi connectivity index (χ0v) is 18.8. The molecule has 3 fully saturated rings. The smallest absolute Gasteiger partial charge is 0.368 e. The van der Waals surface area contributed by atoms with Crippen molar-refractivity contribution in [3.05, 3.63) is 52.9 Å². The Morgan fingerprint density at radius 1 is 1.09 bits per heavy atom. The number of aromatic nitrogens is 6. The van der Waals surface area contributed by atoms with E-state index >= 15 is 0 Å². The molecular weight excluding hydrogens is 449 g/mol. The van der Waals surface area contributed by atoms with E-state index < -0.39 is 23.7 Å². The van der Waals surface area contributed by atoms with E-state index in [-0.39, 0.29) is 40.9 Å². The maximum absolute atomic E-state index is 14.1. The van der Waals surface area contributed by atoms with Gasteiger partial charge >= 0.3 is 6.18 Å². The number of hydrogen-bond donors (Lipinski definition) is 1. The van der Waals surface area contributed by atoms with Crippen LogP contribution in [0.5, 0.6) is 0 Å². The minimum atomic E-state index is -4.70. The third-order valence-electron chi connectivity index (χ3n) is 6.87. The molecule has 2 aliphatic heterocycles. The molecular formula is C22H23F3N8O. The van der Waals surface area contributed by atoms with Crippen molar-refractivity contribution < 1.29 is 18.0 Å². The fourth-order valence-corrected chi connectivity index (χ4v) is 5.21. The Kier molecular flexibility index (Phi) is 5.06. The molecule has 1 saturated carbocycles. The molecule has 0 radical (unpaired) electrons. The number of amides is 1. The van der Waals surface area contributed by atoms with Crippen molar-refractivity contribution in [2.24, 2.45) is 11.8 Å². The first-order valence-electron chi connectivity index (χ1n) is 10.9. The molecule has 6 rings (SSSR count). The Labute approximate surface area is 193 Å². The minimum Gasteiger partial charge on any atom is -0.368 e. The number of aryl methyl sites for hydroxylation is 2. The average molecular weight is 472 g/mol. The van der Waals surface area contributed by atoms with Crippen molar-refractivity contribution >= 4 is 11.9 Å². The number of carbonyl (C=O) groups excluding carboxylic acids is 1. The maximum Gasteiger partial charge on any atom is 0.419 e. The molecule has 2 N–H and O–H groups in total. The first-order chi connectivity index (χ1) is 16.1. The summed E-state index contributed by atoms with van der Waals surface area (Å²) in [6.45, 7) is 4.86. The second-order valence-electron chi connectivity index (χ2n) is 8.97. The van der Waals surface area contributed by atoms with Crippen LogP contribution in [0.3, 0.4) is 0 Å². The summed E-state index contributed by atoms with van der Waals surface area (Å²) in [7, 11) is 0. The summed E-state index contributed by atoms with van der Waals surface area (Å²) in [5.41, 5.74) is 5.33. The lowest BCUT2D eigenvalue weighted by molar-refractivity contribution is -0.141. The zero-order valence-electron chi connectivity index (χ0n) is 18.8. The van der Waals surface area contributed by atoms with E-state index in [0.29, 0.717) is 24.2 Å². The number of anilines is 1. The van der Waals surface area contributed by atoms with Crippen LogP contribution in [0.2, 0.25) is 0 Å². The van der Waals surface area contributed by atoms with Crippen LogP contribution in [-0.2, 0) is 6.18 Å². The number of nitrogen functional groups attached to an aromatic ring is 1. The number of nitrogens with zero attached hydrogens (tertiary/aromatic N) is 7. The summed E-state index contributed by atoms with van der Waals surface area (Å²) < 4.78 is 42.4. The molecule has 1 aliphatic carbocycles. The monoisotopic (exact) mass is 472 g/mol. The van der Waals surface area contributed by atoms with Crippen molar-refractivity contribution in [3.8, 4) is 5.69 Å². The lowest BCUT2D eigenvalue weighted by atomic mass is 9.63. The number of nitrogens with two attached hydrogens (primary N) is 1. The van der Waals surface area contributed by atoms with Crippen molar-refractivity contribution in [3.63, 3.8) is 0 Å². The molecule has 12 heteroatoms. The van der Waals surface area contributed by atoms with E-state index in [2.05, 4.69) is 25.1 Å². The zero-order chi connectivity index (χ0) is 24.4. The van der Waals surface area contributed by atoms with Crippen LogP contribution in [0.15, 0.2) is 24.5 Å². The molecule has 5 heterocycles. The number of pyridine rings is 1. The van der Waals surface area contributed by atoms with E-state index in [9.17, 15) is 18.0 Å². The number of piperidine rings is 2. The summed E-state index contributed by atoms with van der Waals surface area (Å²) in [4.78, 5) is 29.0. The van der Waals surface area contributed by atoms with Crippen LogP contribution in [0.1, 0.15) is 58.9 Å². The van der Waals surface area contributed by atoms with Gasteiger partial charge in [-0.1, -0.05) is 6.92 Å². The van der Waals surface area contributed by atoms with E-state index in [1.165, 1.54) is 29.0 Å². The van der Waals surface area contributed by atoms with Gasteiger partial charge in [0.1, 0.15) is 11.3 Å². The molecule has 3 aromatic heterocycles. The predicted octanol–water partition coefficient (Wildman–Crippen LogP) is 3.28. The van der Waals surface area contributed by atoms with Crippen molar-refractivity contribution in [2.75, 3.05) is 5.73 Å². The topological polar surface area (TPSA) is 116 Å². The number of alkyl halides is 3. The van der Waals surface area contributed by atoms with Crippen LogP contribution in [0.4, 0.5) is 19.1 Å². The summed E-state index contributed by atoms with van der Waals surface area (Å²) >= 11 is 0. The highest BCUT2D eigenvalue weighted by molar-refractivity contribution is 5.96. The van der Waals surface area contributed by atoms with Gasteiger partial charge in [-0.15, -0.1) is 4.80 Å². The van der Waals surface area contributed by atoms with E-state index in [0.717, 1.165) is 0 Å². The lowest BCUT2D eigenvalue weighted by Gasteiger charge is -2.57. The molecule has 2 saturated heterocycles. The molecule has 3 aliphatic rings. The fourth-order valence-electron chi connectivity index (χ4n) is 5.21. The Morgan fingerprint density at radius 2 is 1.76 bits per heavy atom. The van der Waals surface area contributed by atoms with Gasteiger partial charge in [0.25, 0.3) is 5.91 Å². The van der Waals surface area contributed by atoms with Crippen molar-refractivity contribution in [1.29, 1.82) is 0 Å². The second kappa shape index (κ2) is 7.74. The third kappa shape index (κ3) is 3.48. The van der Waals surface area contributed by atoms with Gasteiger partial charge in [-0.3, -0.25) is 4.79 Å². The highest BCUT2D eigenvalue weighted by Crippen LogP contribution is 2.54. The summed E-state index contributed by atoms with van der Waals surface area (Å²) in [6.07, 6.45) is -0.331. The molecule has 9 nitrogen and oxygen atoms in total. The van der Waals surface area contributed by atoms with Gasteiger partial charge in [0, 0.05) is 11.7 Å². The summed E-state index contributed by atoms with van der Waals surface area (Å²) in [6, 6.07) is 2.25. The van der Waals surface area contributed by atoms with Gasteiger partial charge < -0.3 is 10.6 Å². The van der Waals surface area contributed by atoms with Crippen LogP contribution < -0.4 is 5.73 Å². The standard InChI is InChI=1S/C22H23F3N8O/c1-10-4-5-15(33-27-6-7-28-33)17(29-10)20(34)32-14-8-13(9-14)11(2)19(32)18-16(22(23,24)25)12(3)30-21(26)31-18/h4-7,11,13-14,19H,8-9H2,1-3H3,(H2,26,30,31)/t11-,13?,14?,19+/m0/s1. The fraction of sp³-hybridized carbons (Fsp3) is 0.455. The van der Waals surface area contributed by atoms with Crippen molar-refractivity contribution in [2.45, 2.75) is 51.9 Å². The second-order valence-corrected chi connectivity index (χ2v) is 8.97. The Balaban J connectivity index is 1.67. The highest BCUT2D eigenvalue weighted by atomic mass is 19.4. The summed E-state index contributed by atoms with van der Waals surface area (Å²) in [5.74, 6) is -0.817. The SMILES string of the molecule is Cc1ccc(-n2nccn2)c(C(=O)N2C3CC(C3)[C@H](C)[C@@H]2c2nc(N)nc(C)c2C(F)(F)F)n1. The van der Waals surface area contributed by atoms with Gasteiger partial charge in [0.15, 0.2) is 5.69 Å². The van der Waals surface area contributed by atoms with Gasteiger partial charge in [0.05, 0.1) is 29.8 Å². The third-order valence-corrected chi connectivity index (χ3v) is 6.87. The molecule has 0 unspecified atom stereocenters. The maximum atomic E-state index is 14.1. The van der Waals surface area contributed by atoms with Gasteiger partial charge in [-0.2, -0.15) is 23.4 Å². The Bertz CT molecular complexity index is 1250. The van der Waals surface area contributed by atoms with Crippen LogP contribution in [0, 0.1) is 25.7 Å². The van der Waals surface area contributed by atoms with E-state index in [1.54, 1.807) is 19.1 Å². The summed E-state index contributed by atoms with van der Waals surface area (Å²) in [5, 5.41) is 8.21. The molecule has 2 atom stereocenters. The van der Waals surface area contributed by atoms with Crippen LogP contribution >= 0.6 is 0 Å². The molecule has 178 valence electrons. The largest absolute Gasteiger partial charge is 0.419 e. The number of halogens is 3. The quantitative estimate of drug-likeness (QED) is 0.622. The molecule has 3 aromatic rings. The number of carbonyl (C=O) groups is 1. The van der Waals surface area contributed by atoms with Gasteiger partial charge in [-0.25, -0.2) is 15.0 Å². The Morgan fingerprint density at radius 3 is 2.41 bits per heavy atom.